The van der Waals surface area contributed by atoms with E-state index in [9.17, 15) is 14.0 Å². The van der Waals surface area contributed by atoms with E-state index in [0.717, 1.165) is 4.68 Å². The first kappa shape index (κ1) is 19.0. The van der Waals surface area contributed by atoms with Crippen LogP contribution in [0.5, 0.6) is 0 Å². The van der Waals surface area contributed by atoms with Crippen LogP contribution in [-0.2, 0) is 11.3 Å². The number of nitrogens with one attached hydrogen (secondary N) is 1. The van der Waals surface area contributed by atoms with Gasteiger partial charge in [-0.25, -0.2) is 28.4 Å². The van der Waals surface area contributed by atoms with Crippen molar-refractivity contribution in [3.8, 4) is 17.1 Å². The summed E-state index contributed by atoms with van der Waals surface area (Å²) in [6.07, 6.45) is 6.08. The molecule has 144 valence electrons. The number of pyridine rings is 1. The molecule has 0 bridgehead atoms. The van der Waals surface area contributed by atoms with Crippen molar-refractivity contribution in [2.75, 3.05) is 11.9 Å². The van der Waals surface area contributed by atoms with Gasteiger partial charge in [-0.1, -0.05) is 0 Å². The number of hydrogen-bond donors (Lipinski definition) is 2. The Morgan fingerprint density at radius 1 is 1.32 bits per heavy atom. The van der Waals surface area contributed by atoms with Gasteiger partial charge in [0.2, 0.25) is 5.91 Å². The van der Waals surface area contributed by atoms with Crippen molar-refractivity contribution >= 4 is 11.7 Å². The van der Waals surface area contributed by atoms with E-state index in [2.05, 4.69) is 25.4 Å². The maximum Gasteiger partial charge on any atom is 0.351 e. The van der Waals surface area contributed by atoms with Crippen LogP contribution >= 0.6 is 0 Å². The molecule has 3 aromatic rings. The number of amides is 1. The summed E-state index contributed by atoms with van der Waals surface area (Å²) in [7, 11) is 0. The van der Waals surface area contributed by atoms with E-state index in [1.54, 1.807) is 12.1 Å². The van der Waals surface area contributed by atoms with Crippen LogP contribution in [-0.4, -0.2) is 41.8 Å². The van der Waals surface area contributed by atoms with Crippen molar-refractivity contribution in [3.05, 3.63) is 59.4 Å². The van der Waals surface area contributed by atoms with Crippen LogP contribution in [0.25, 0.3) is 17.1 Å². The Kier molecular flexibility index (Phi) is 5.65. The van der Waals surface area contributed by atoms with Gasteiger partial charge in [-0.05, 0) is 17.7 Å². The monoisotopic (exact) mass is 384 g/mol. The van der Waals surface area contributed by atoms with E-state index in [-0.39, 0.29) is 30.4 Å². The summed E-state index contributed by atoms with van der Waals surface area (Å²) in [5, 5.41) is 6.53. The first-order chi connectivity index (χ1) is 13.5. The summed E-state index contributed by atoms with van der Waals surface area (Å²) in [4.78, 5) is 36.1. The molecule has 0 saturated heterocycles. The second-order valence-electron chi connectivity index (χ2n) is 5.78. The fourth-order valence-corrected chi connectivity index (χ4v) is 2.37. The molecule has 0 radical (unpaired) electrons. The number of nitrogens with two attached hydrogens (primary N) is 1. The Morgan fingerprint density at radius 3 is 2.79 bits per heavy atom. The lowest BCUT2D eigenvalue weighted by Crippen LogP contribution is -2.26. The number of carbonyl (C=O) groups is 1. The van der Waals surface area contributed by atoms with Crippen LogP contribution in [0, 0.1) is 0 Å². The van der Waals surface area contributed by atoms with Gasteiger partial charge in [0.05, 0.1) is 31.0 Å². The number of aromatic nitrogens is 6. The van der Waals surface area contributed by atoms with Gasteiger partial charge in [-0.15, -0.1) is 0 Å². The molecule has 28 heavy (non-hydrogen) atoms. The summed E-state index contributed by atoms with van der Waals surface area (Å²) < 4.78 is 14.9. The third-order valence-electron chi connectivity index (χ3n) is 3.75. The highest BCUT2D eigenvalue weighted by Crippen LogP contribution is 2.18. The van der Waals surface area contributed by atoms with E-state index < -0.39 is 5.69 Å². The molecule has 0 fully saturated rings. The van der Waals surface area contributed by atoms with Gasteiger partial charge in [0.15, 0.2) is 5.82 Å². The molecule has 3 N–H and O–H groups in total. The molecule has 0 aliphatic rings. The van der Waals surface area contributed by atoms with Gasteiger partial charge < -0.3 is 11.1 Å². The Morgan fingerprint density at radius 2 is 2.14 bits per heavy atom. The molecule has 0 aromatic carbocycles. The Hall–Kier alpha value is -3.73. The number of carbonyl (C=O) groups excluding carboxylic acids is 1. The standard InChI is InChI=1S/C17H17FN8O2/c1-11(27)24-15-4-13(2-3-20-15)14-7-22-16(8-21-14)25-10-23-26(17(25)28)9-12(5-18)6-19/h2-5,7-8,10H,6,9,19H2,1H3,(H,20,24,27)/b12-5+. The number of nitrogens with zero attached hydrogens (tertiary/aromatic N) is 6. The fraction of sp³-hybridized carbons (Fsp3) is 0.176. The Balaban J connectivity index is 1.85. The normalized spacial score (nSPS) is 11.5. The minimum Gasteiger partial charge on any atom is -0.327 e. The fourth-order valence-electron chi connectivity index (χ4n) is 2.37. The van der Waals surface area contributed by atoms with Crippen molar-refractivity contribution in [3.63, 3.8) is 0 Å². The Labute approximate surface area is 158 Å². The van der Waals surface area contributed by atoms with Crippen molar-refractivity contribution < 1.29 is 9.18 Å². The lowest BCUT2D eigenvalue weighted by atomic mass is 10.2. The molecule has 0 aliphatic heterocycles. The molecular weight excluding hydrogens is 367 g/mol. The second-order valence-corrected chi connectivity index (χ2v) is 5.78. The molecule has 0 saturated carbocycles. The van der Waals surface area contributed by atoms with Crippen LogP contribution in [0.4, 0.5) is 10.2 Å². The first-order valence-electron chi connectivity index (χ1n) is 8.21. The van der Waals surface area contributed by atoms with Crippen molar-refractivity contribution in [2.45, 2.75) is 13.5 Å². The molecule has 3 aromatic heterocycles. The molecule has 1 amide bonds. The highest BCUT2D eigenvalue weighted by molar-refractivity contribution is 5.88. The lowest BCUT2D eigenvalue weighted by Gasteiger charge is -2.05. The summed E-state index contributed by atoms with van der Waals surface area (Å²) in [6.45, 7) is 1.32. The first-order valence-corrected chi connectivity index (χ1v) is 8.21. The SMILES string of the molecule is CC(=O)Nc1cc(-c2cnc(-n3cnn(C/C(=C/F)CN)c3=O)cn2)ccn1. The zero-order chi connectivity index (χ0) is 20.1. The summed E-state index contributed by atoms with van der Waals surface area (Å²) >= 11 is 0. The highest BCUT2D eigenvalue weighted by Gasteiger charge is 2.11. The van der Waals surface area contributed by atoms with Gasteiger partial charge in [0.1, 0.15) is 12.1 Å². The number of hydrogen-bond acceptors (Lipinski definition) is 7. The Bertz CT molecular complexity index is 1070. The number of halogens is 1. The van der Waals surface area contributed by atoms with Crippen LogP contribution in [0.1, 0.15) is 6.92 Å². The molecule has 10 nitrogen and oxygen atoms in total. The van der Waals surface area contributed by atoms with Gasteiger partial charge in [0.25, 0.3) is 0 Å². The van der Waals surface area contributed by atoms with Crippen molar-refractivity contribution in [1.29, 1.82) is 0 Å². The van der Waals surface area contributed by atoms with E-state index >= 15 is 0 Å². The molecule has 3 rings (SSSR count). The minimum absolute atomic E-state index is 0.0172. The largest absolute Gasteiger partial charge is 0.351 e. The van der Waals surface area contributed by atoms with Crippen molar-refractivity contribution in [1.82, 2.24) is 29.3 Å². The molecule has 3 heterocycles. The molecule has 0 spiro atoms. The highest BCUT2D eigenvalue weighted by atomic mass is 19.1. The van der Waals surface area contributed by atoms with E-state index in [0.29, 0.717) is 23.4 Å². The minimum atomic E-state index is -0.494. The van der Waals surface area contributed by atoms with E-state index in [4.69, 9.17) is 5.73 Å². The van der Waals surface area contributed by atoms with Crippen LogP contribution in [0.3, 0.4) is 0 Å². The van der Waals surface area contributed by atoms with E-state index in [1.807, 2.05) is 0 Å². The van der Waals surface area contributed by atoms with E-state index in [1.165, 1.54) is 36.4 Å². The number of anilines is 1. The average Bonchev–Trinajstić information content (AvgIpc) is 3.06. The predicted molar refractivity (Wildman–Crippen MR) is 99.2 cm³/mol. The zero-order valence-corrected chi connectivity index (χ0v) is 14.9. The summed E-state index contributed by atoms with van der Waals surface area (Å²) in [5.74, 6) is 0.419. The molecule has 0 aliphatic carbocycles. The van der Waals surface area contributed by atoms with Crippen LogP contribution < -0.4 is 16.7 Å². The topological polar surface area (TPSA) is 134 Å². The molecule has 0 atom stereocenters. The van der Waals surface area contributed by atoms with Crippen LogP contribution in [0.15, 0.2) is 53.7 Å². The maximum absolute atomic E-state index is 12.7. The molecule has 0 unspecified atom stereocenters. The predicted octanol–water partition coefficient (Wildman–Crippen LogP) is 0.656. The zero-order valence-electron chi connectivity index (χ0n) is 14.9. The summed E-state index contributed by atoms with van der Waals surface area (Å²) in [5.41, 5.74) is 6.37. The third-order valence-corrected chi connectivity index (χ3v) is 3.75. The van der Waals surface area contributed by atoms with Gasteiger partial charge >= 0.3 is 5.69 Å². The lowest BCUT2D eigenvalue weighted by molar-refractivity contribution is -0.114. The molecular formula is C17H17FN8O2. The van der Waals surface area contributed by atoms with Crippen LogP contribution in [0.2, 0.25) is 0 Å². The molecule has 11 heteroatoms. The van der Waals surface area contributed by atoms with Crippen molar-refractivity contribution in [2.24, 2.45) is 5.73 Å². The number of rotatable bonds is 6. The average molecular weight is 384 g/mol. The summed E-state index contributed by atoms with van der Waals surface area (Å²) in [6, 6.07) is 3.38. The van der Waals surface area contributed by atoms with Gasteiger partial charge in [0, 0.05) is 25.2 Å². The second kappa shape index (κ2) is 8.31. The van der Waals surface area contributed by atoms with Gasteiger partial charge in [-0.2, -0.15) is 5.10 Å². The van der Waals surface area contributed by atoms with Gasteiger partial charge in [-0.3, -0.25) is 9.78 Å². The quantitative estimate of drug-likeness (QED) is 0.637. The smallest absolute Gasteiger partial charge is 0.327 e. The maximum atomic E-state index is 12.7. The third kappa shape index (κ3) is 4.15.